The topological polar surface area (TPSA) is 115 Å². The molecule has 162 valence electrons. The Morgan fingerprint density at radius 1 is 1.03 bits per heavy atom. The van der Waals surface area contributed by atoms with E-state index in [0.29, 0.717) is 28.5 Å². The SMILES string of the molecule is CC(=CC#N)c1cc(C)c(Nc2nc(Nc3ccc(C#N)cc3)nc3c2ncn3C)c(C)c1. The summed E-state index contributed by atoms with van der Waals surface area (Å²) in [5.74, 6) is 0.998. The first-order valence-electron chi connectivity index (χ1n) is 10.3. The van der Waals surface area contributed by atoms with Gasteiger partial charge >= 0.3 is 0 Å². The van der Waals surface area contributed by atoms with Gasteiger partial charge < -0.3 is 15.2 Å². The number of hydrogen-bond donors (Lipinski definition) is 2. The van der Waals surface area contributed by atoms with Gasteiger partial charge in [-0.1, -0.05) is 0 Å². The molecule has 0 atom stereocenters. The lowest BCUT2D eigenvalue weighted by molar-refractivity contribution is 0.929. The van der Waals surface area contributed by atoms with Crippen molar-refractivity contribution in [1.29, 1.82) is 10.5 Å². The Bertz CT molecular complexity index is 1440. The Kier molecular flexibility index (Phi) is 5.75. The predicted octanol–water partition coefficient (Wildman–Crippen LogP) is 5.27. The number of nitriles is 2. The molecule has 2 N–H and O–H groups in total. The van der Waals surface area contributed by atoms with Gasteiger partial charge in [-0.15, -0.1) is 0 Å². The molecule has 0 radical (unpaired) electrons. The van der Waals surface area contributed by atoms with Crippen molar-refractivity contribution >= 4 is 39.9 Å². The second kappa shape index (κ2) is 8.81. The molecule has 0 unspecified atom stereocenters. The van der Waals surface area contributed by atoms with Crippen LogP contribution in [0.15, 0.2) is 48.8 Å². The van der Waals surface area contributed by atoms with E-state index in [1.165, 1.54) is 0 Å². The Morgan fingerprint density at radius 3 is 2.36 bits per heavy atom. The summed E-state index contributed by atoms with van der Waals surface area (Å²) in [5.41, 5.74) is 7.61. The molecule has 2 aromatic heterocycles. The van der Waals surface area contributed by atoms with E-state index in [2.05, 4.69) is 37.7 Å². The maximum atomic E-state index is 9.01. The van der Waals surface area contributed by atoms with Crippen LogP contribution in [0.4, 0.5) is 23.1 Å². The van der Waals surface area contributed by atoms with E-state index in [4.69, 9.17) is 10.5 Å². The maximum Gasteiger partial charge on any atom is 0.231 e. The van der Waals surface area contributed by atoms with Crippen molar-refractivity contribution in [2.75, 3.05) is 10.6 Å². The highest BCUT2D eigenvalue weighted by Crippen LogP contribution is 2.31. The molecular formula is C25H22N8. The average molecular weight is 435 g/mol. The number of fused-ring (bicyclic) bond motifs is 1. The first kappa shape index (κ1) is 21.5. The largest absolute Gasteiger partial charge is 0.338 e. The number of anilines is 4. The summed E-state index contributed by atoms with van der Waals surface area (Å²) in [7, 11) is 1.88. The molecule has 0 fully saturated rings. The molecule has 0 saturated heterocycles. The summed E-state index contributed by atoms with van der Waals surface area (Å²) in [5, 5.41) is 24.6. The predicted molar refractivity (Wildman–Crippen MR) is 129 cm³/mol. The van der Waals surface area contributed by atoms with Crippen molar-refractivity contribution in [3.63, 3.8) is 0 Å². The molecule has 4 aromatic rings. The highest BCUT2D eigenvalue weighted by molar-refractivity contribution is 5.88. The fourth-order valence-corrected chi connectivity index (χ4v) is 3.59. The zero-order valence-electron chi connectivity index (χ0n) is 18.8. The third kappa shape index (κ3) is 4.36. The summed E-state index contributed by atoms with van der Waals surface area (Å²) in [6.07, 6.45) is 3.25. The van der Waals surface area contributed by atoms with Gasteiger partial charge in [-0.05, 0) is 79.4 Å². The second-order valence-corrected chi connectivity index (χ2v) is 7.80. The molecule has 0 amide bonds. The minimum absolute atomic E-state index is 0.415. The van der Waals surface area contributed by atoms with Gasteiger partial charge in [-0.2, -0.15) is 20.5 Å². The lowest BCUT2D eigenvalue weighted by Crippen LogP contribution is -2.05. The van der Waals surface area contributed by atoms with Crippen LogP contribution in [0.2, 0.25) is 0 Å². The summed E-state index contributed by atoms with van der Waals surface area (Å²) in [6.45, 7) is 5.96. The zero-order valence-corrected chi connectivity index (χ0v) is 18.8. The number of hydrogen-bond acceptors (Lipinski definition) is 7. The van der Waals surface area contributed by atoms with E-state index < -0.39 is 0 Å². The maximum absolute atomic E-state index is 9.01. The van der Waals surface area contributed by atoms with Gasteiger partial charge in [-0.3, -0.25) is 0 Å². The molecule has 33 heavy (non-hydrogen) atoms. The van der Waals surface area contributed by atoms with Gasteiger partial charge in [0, 0.05) is 24.5 Å². The van der Waals surface area contributed by atoms with Crippen LogP contribution < -0.4 is 10.6 Å². The first-order valence-corrected chi connectivity index (χ1v) is 10.3. The standard InChI is InChI=1S/C25H22N8/c1-15(9-10-26)19-11-16(2)21(17(3)12-19)30-23-22-24(33(4)14-28-22)32-25(31-23)29-20-7-5-18(13-27)6-8-20/h5-9,11-12,14H,1-4H3,(H2,29,30,31,32). The Hall–Kier alpha value is -4.69. The zero-order chi connectivity index (χ0) is 23.5. The number of imidazole rings is 1. The van der Waals surface area contributed by atoms with Gasteiger partial charge in [0.25, 0.3) is 0 Å². The normalized spacial score (nSPS) is 11.2. The Balaban J connectivity index is 1.74. The molecule has 0 aliphatic carbocycles. The molecule has 8 nitrogen and oxygen atoms in total. The Morgan fingerprint density at radius 2 is 1.73 bits per heavy atom. The Labute approximate surface area is 191 Å². The third-order valence-electron chi connectivity index (χ3n) is 5.34. The lowest BCUT2D eigenvalue weighted by atomic mass is 9.99. The smallest absolute Gasteiger partial charge is 0.231 e. The number of nitrogens with one attached hydrogen (secondary N) is 2. The fraction of sp³-hybridized carbons (Fsp3) is 0.160. The molecule has 0 aliphatic heterocycles. The molecule has 0 aliphatic rings. The van der Waals surface area contributed by atoms with E-state index in [-0.39, 0.29) is 0 Å². The molecule has 2 aromatic carbocycles. The minimum atomic E-state index is 0.415. The summed E-state index contributed by atoms with van der Waals surface area (Å²) in [4.78, 5) is 13.8. The monoisotopic (exact) mass is 434 g/mol. The van der Waals surface area contributed by atoms with Crippen molar-refractivity contribution in [2.24, 2.45) is 7.05 Å². The van der Waals surface area contributed by atoms with Crippen molar-refractivity contribution < 1.29 is 0 Å². The lowest BCUT2D eigenvalue weighted by Gasteiger charge is -2.16. The van der Waals surface area contributed by atoms with Gasteiger partial charge in [-0.25, -0.2) is 4.98 Å². The molecule has 0 saturated carbocycles. The number of rotatable bonds is 5. The molecular weight excluding hydrogens is 412 g/mol. The second-order valence-electron chi connectivity index (χ2n) is 7.80. The first-order chi connectivity index (χ1) is 15.9. The summed E-state index contributed by atoms with van der Waals surface area (Å²) < 4.78 is 1.84. The van der Waals surface area contributed by atoms with Gasteiger partial charge in [0.15, 0.2) is 17.0 Å². The van der Waals surface area contributed by atoms with Crippen molar-refractivity contribution in [2.45, 2.75) is 20.8 Å². The van der Waals surface area contributed by atoms with Crippen molar-refractivity contribution in [3.05, 3.63) is 71.1 Å². The third-order valence-corrected chi connectivity index (χ3v) is 5.34. The number of aryl methyl sites for hydroxylation is 3. The molecule has 2 heterocycles. The molecule has 4 rings (SSSR count). The van der Waals surface area contributed by atoms with Gasteiger partial charge in [0.05, 0.1) is 24.0 Å². The fourth-order valence-electron chi connectivity index (χ4n) is 3.59. The van der Waals surface area contributed by atoms with Crippen LogP contribution in [-0.4, -0.2) is 19.5 Å². The van der Waals surface area contributed by atoms with Crippen LogP contribution in [-0.2, 0) is 7.05 Å². The van der Waals surface area contributed by atoms with Crippen LogP contribution in [0.25, 0.3) is 16.7 Å². The van der Waals surface area contributed by atoms with Crippen LogP contribution in [0.5, 0.6) is 0 Å². The number of allylic oxidation sites excluding steroid dienone is 2. The van der Waals surface area contributed by atoms with Crippen LogP contribution in [0.1, 0.15) is 29.2 Å². The molecule has 0 bridgehead atoms. The van der Waals surface area contributed by atoms with Crippen molar-refractivity contribution in [3.8, 4) is 12.1 Å². The van der Waals surface area contributed by atoms with E-state index in [1.807, 2.05) is 56.7 Å². The quantitative estimate of drug-likeness (QED) is 0.411. The number of aromatic nitrogens is 4. The van der Waals surface area contributed by atoms with E-state index >= 15 is 0 Å². The molecule has 0 spiro atoms. The van der Waals surface area contributed by atoms with Gasteiger partial charge in [0.2, 0.25) is 5.95 Å². The summed E-state index contributed by atoms with van der Waals surface area (Å²) >= 11 is 0. The van der Waals surface area contributed by atoms with Crippen molar-refractivity contribution in [1.82, 2.24) is 19.5 Å². The van der Waals surface area contributed by atoms with Crippen LogP contribution in [0.3, 0.4) is 0 Å². The highest BCUT2D eigenvalue weighted by atomic mass is 15.2. The average Bonchev–Trinajstić information content (AvgIpc) is 3.17. The van der Waals surface area contributed by atoms with E-state index in [1.54, 1.807) is 24.5 Å². The highest BCUT2D eigenvalue weighted by Gasteiger charge is 2.15. The van der Waals surface area contributed by atoms with E-state index in [9.17, 15) is 0 Å². The van der Waals surface area contributed by atoms with Gasteiger partial charge in [0.1, 0.15) is 0 Å². The minimum Gasteiger partial charge on any atom is -0.338 e. The number of benzene rings is 2. The van der Waals surface area contributed by atoms with Crippen LogP contribution in [0, 0.1) is 36.5 Å². The van der Waals surface area contributed by atoms with E-state index in [0.717, 1.165) is 33.6 Å². The number of nitrogens with zero attached hydrogens (tertiary/aromatic N) is 6. The molecule has 8 heteroatoms. The van der Waals surface area contributed by atoms with Crippen LogP contribution >= 0.6 is 0 Å². The summed E-state index contributed by atoms with van der Waals surface area (Å²) in [6, 6.07) is 15.4.